The lowest BCUT2D eigenvalue weighted by atomic mass is 10.2. The summed E-state index contributed by atoms with van der Waals surface area (Å²) in [6.07, 6.45) is -0.763. The second-order valence-electron chi connectivity index (χ2n) is 3.43. The predicted molar refractivity (Wildman–Crippen MR) is 59.8 cm³/mol. The molecule has 1 saturated heterocycles. The van der Waals surface area contributed by atoms with Crippen LogP contribution in [0.25, 0.3) is 0 Å². The van der Waals surface area contributed by atoms with Crippen LogP contribution >= 0.6 is 23.2 Å². The SMILES string of the molecule is O[C@H]1CNC[C@@H]1Oc1cccc(Cl)c1Cl. The van der Waals surface area contributed by atoms with Gasteiger partial charge in [0.15, 0.2) is 0 Å². The van der Waals surface area contributed by atoms with E-state index in [0.29, 0.717) is 28.9 Å². The fraction of sp³-hybridized carbons (Fsp3) is 0.400. The number of halogens is 2. The van der Waals surface area contributed by atoms with Gasteiger partial charge in [-0.2, -0.15) is 0 Å². The van der Waals surface area contributed by atoms with Crippen LogP contribution in [0.3, 0.4) is 0 Å². The topological polar surface area (TPSA) is 41.5 Å². The van der Waals surface area contributed by atoms with Crippen molar-refractivity contribution in [3.8, 4) is 5.75 Å². The van der Waals surface area contributed by atoms with Gasteiger partial charge in [0.25, 0.3) is 0 Å². The highest BCUT2D eigenvalue weighted by molar-refractivity contribution is 6.42. The first-order chi connectivity index (χ1) is 7.18. The van der Waals surface area contributed by atoms with Crippen molar-refractivity contribution in [1.29, 1.82) is 0 Å². The highest BCUT2D eigenvalue weighted by Gasteiger charge is 2.27. The minimum Gasteiger partial charge on any atom is -0.485 e. The summed E-state index contributed by atoms with van der Waals surface area (Å²) in [5, 5.41) is 13.4. The van der Waals surface area contributed by atoms with Crippen LogP contribution in [0.2, 0.25) is 10.0 Å². The van der Waals surface area contributed by atoms with Gasteiger partial charge in [0, 0.05) is 13.1 Å². The standard InChI is InChI=1S/C10H11Cl2NO2/c11-6-2-1-3-8(10(6)12)15-9-5-13-4-7(9)14/h1-3,7,9,13-14H,4-5H2/t7-,9-/m0/s1. The van der Waals surface area contributed by atoms with E-state index in [0.717, 1.165) is 0 Å². The number of benzene rings is 1. The molecule has 0 aromatic heterocycles. The zero-order chi connectivity index (χ0) is 10.8. The molecule has 0 spiro atoms. The molecule has 0 unspecified atom stereocenters. The highest BCUT2D eigenvalue weighted by Crippen LogP contribution is 2.32. The molecule has 2 atom stereocenters. The molecule has 1 heterocycles. The fourth-order valence-corrected chi connectivity index (χ4v) is 1.84. The lowest BCUT2D eigenvalue weighted by Crippen LogP contribution is -2.29. The number of aliphatic hydroxyl groups is 1. The van der Waals surface area contributed by atoms with E-state index >= 15 is 0 Å². The lowest BCUT2D eigenvalue weighted by molar-refractivity contribution is 0.0738. The van der Waals surface area contributed by atoms with Crippen LogP contribution < -0.4 is 10.1 Å². The van der Waals surface area contributed by atoms with Gasteiger partial charge in [0.1, 0.15) is 23.0 Å². The molecule has 1 aromatic rings. The van der Waals surface area contributed by atoms with E-state index in [9.17, 15) is 5.11 Å². The second kappa shape index (κ2) is 4.58. The van der Waals surface area contributed by atoms with E-state index < -0.39 is 6.10 Å². The molecule has 0 radical (unpaired) electrons. The van der Waals surface area contributed by atoms with Crippen molar-refractivity contribution < 1.29 is 9.84 Å². The predicted octanol–water partition coefficient (Wildman–Crippen LogP) is 1.70. The molecule has 0 aliphatic carbocycles. The number of β-amino-alcohol motifs (C(OH)–C–C–N with tert-alkyl or cyclic N) is 1. The largest absolute Gasteiger partial charge is 0.485 e. The molecule has 1 aliphatic rings. The van der Waals surface area contributed by atoms with Crippen molar-refractivity contribution in [3.05, 3.63) is 28.2 Å². The van der Waals surface area contributed by atoms with Crippen LogP contribution in [-0.2, 0) is 0 Å². The molecule has 1 fully saturated rings. The first kappa shape index (κ1) is 11.0. The number of hydrogen-bond acceptors (Lipinski definition) is 3. The molecular weight excluding hydrogens is 237 g/mol. The van der Waals surface area contributed by atoms with Crippen molar-refractivity contribution in [1.82, 2.24) is 5.32 Å². The summed E-state index contributed by atoms with van der Waals surface area (Å²) in [6.45, 7) is 1.16. The van der Waals surface area contributed by atoms with Crippen molar-refractivity contribution >= 4 is 23.2 Å². The molecule has 0 bridgehead atoms. The minimum atomic E-state index is -0.500. The molecule has 82 valence electrons. The zero-order valence-electron chi connectivity index (χ0n) is 7.91. The quantitative estimate of drug-likeness (QED) is 0.837. The monoisotopic (exact) mass is 247 g/mol. The number of nitrogens with one attached hydrogen (secondary N) is 1. The summed E-state index contributed by atoms with van der Waals surface area (Å²) in [7, 11) is 0. The van der Waals surface area contributed by atoms with Gasteiger partial charge in [0.2, 0.25) is 0 Å². The van der Waals surface area contributed by atoms with E-state index in [1.807, 2.05) is 0 Å². The van der Waals surface area contributed by atoms with Gasteiger partial charge in [0.05, 0.1) is 5.02 Å². The van der Waals surface area contributed by atoms with Gasteiger partial charge in [-0.1, -0.05) is 29.3 Å². The molecule has 5 heteroatoms. The summed E-state index contributed by atoms with van der Waals surface area (Å²) < 4.78 is 5.57. The minimum absolute atomic E-state index is 0.263. The number of aliphatic hydroxyl groups excluding tert-OH is 1. The van der Waals surface area contributed by atoms with Crippen LogP contribution in [0, 0.1) is 0 Å². The Morgan fingerprint density at radius 2 is 2.13 bits per heavy atom. The van der Waals surface area contributed by atoms with E-state index in [-0.39, 0.29) is 6.10 Å². The molecule has 2 N–H and O–H groups in total. The number of ether oxygens (including phenoxy) is 1. The van der Waals surface area contributed by atoms with Gasteiger partial charge in [-0.05, 0) is 12.1 Å². The first-order valence-electron chi connectivity index (χ1n) is 4.68. The van der Waals surface area contributed by atoms with E-state index in [1.165, 1.54) is 0 Å². The highest BCUT2D eigenvalue weighted by atomic mass is 35.5. The Balaban J connectivity index is 2.13. The Labute approximate surface area is 97.9 Å². The van der Waals surface area contributed by atoms with Crippen molar-refractivity contribution in [2.24, 2.45) is 0 Å². The molecule has 15 heavy (non-hydrogen) atoms. The van der Waals surface area contributed by atoms with Crippen LogP contribution in [0.1, 0.15) is 0 Å². The van der Waals surface area contributed by atoms with E-state index in [1.54, 1.807) is 18.2 Å². The van der Waals surface area contributed by atoms with E-state index in [4.69, 9.17) is 27.9 Å². The summed E-state index contributed by atoms with van der Waals surface area (Å²) in [4.78, 5) is 0. The van der Waals surface area contributed by atoms with Crippen LogP contribution in [-0.4, -0.2) is 30.4 Å². The fourth-order valence-electron chi connectivity index (χ4n) is 1.50. The zero-order valence-corrected chi connectivity index (χ0v) is 9.42. The summed E-state index contributed by atoms with van der Waals surface area (Å²) in [5.74, 6) is 0.511. The van der Waals surface area contributed by atoms with Crippen molar-refractivity contribution in [2.75, 3.05) is 13.1 Å². The van der Waals surface area contributed by atoms with Crippen molar-refractivity contribution in [3.63, 3.8) is 0 Å². The molecular formula is C10H11Cl2NO2. The summed E-state index contributed by atoms with van der Waals surface area (Å²) in [5.41, 5.74) is 0. The third-order valence-corrected chi connectivity index (χ3v) is 3.12. The van der Waals surface area contributed by atoms with Crippen LogP contribution in [0.15, 0.2) is 18.2 Å². The number of hydrogen-bond donors (Lipinski definition) is 2. The molecule has 2 rings (SSSR count). The Bertz CT molecular complexity index is 359. The maximum absolute atomic E-state index is 9.55. The Kier molecular flexibility index (Phi) is 3.36. The Hall–Kier alpha value is -0.480. The third-order valence-electron chi connectivity index (χ3n) is 2.32. The summed E-state index contributed by atoms with van der Waals surface area (Å²) >= 11 is 11.8. The Morgan fingerprint density at radius 3 is 2.80 bits per heavy atom. The average Bonchev–Trinajstić information content (AvgIpc) is 2.60. The van der Waals surface area contributed by atoms with Gasteiger partial charge in [-0.15, -0.1) is 0 Å². The molecule has 0 saturated carbocycles. The lowest BCUT2D eigenvalue weighted by Gasteiger charge is -2.17. The average molecular weight is 248 g/mol. The molecule has 0 amide bonds. The van der Waals surface area contributed by atoms with Crippen LogP contribution in [0.4, 0.5) is 0 Å². The van der Waals surface area contributed by atoms with Gasteiger partial charge < -0.3 is 15.2 Å². The first-order valence-corrected chi connectivity index (χ1v) is 5.43. The normalized spacial score (nSPS) is 25.5. The second-order valence-corrected chi connectivity index (χ2v) is 4.22. The van der Waals surface area contributed by atoms with Gasteiger partial charge in [-0.25, -0.2) is 0 Å². The maximum atomic E-state index is 9.55. The van der Waals surface area contributed by atoms with Gasteiger partial charge in [-0.3, -0.25) is 0 Å². The molecule has 1 aliphatic heterocycles. The molecule has 1 aromatic carbocycles. The number of rotatable bonds is 2. The van der Waals surface area contributed by atoms with Gasteiger partial charge >= 0.3 is 0 Å². The molecule has 3 nitrogen and oxygen atoms in total. The summed E-state index contributed by atoms with van der Waals surface area (Å²) in [6, 6.07) is 5.19. The maximum Gasteiger partial charge on any atom is 0.140 e. The van der Waals surface area contributed by atoms with Crippen LogP contribution in [0.5, 0.6) is 5.75 Å². The third kappa shape index (κ3) is 2.37. The van der Waals surface area contributed by atoms with Crippen molar-refractivity contribution in [2.45, 2.75) is 12.2 Å². The van der Waals surface area contributed by atoms with E-state index in [2.05, 4.69) is 5.32 Å². The smallest absolute Gasteiger partial charge is 0.140 e. The Morgan fingerprint density at radius 1 is 1.33 bits per heavy atom.